The largest absolute Gasteiger partial charge is 0.301 e. The van der Waals surface area contributed by atoms with Crippen molar-refractivity contribution < 1.29 is 4.79 Å². The summed E-state index contributed by atoms with van der Waals surface area (Å²) >= 11 is 0. The lowest BCUT2D eigenvalue weighted by Crippen LogP contribution is -2.34. The van der Waals surface area contributed by atoms with E-state index in [0.717, 1.165) is 0 Å². The Bertz CT molecular complexity index is 184. The van der Waals surface area contributed by atoms with Gasteiger partial charge in [-0.3, -0.25) is 4.79 Å². The van der Waals surface area contributed by atoms with Crippen LogP contribution in [0.15, 0.2) is 38.0 Å². The zero-order valence-electron chi connectivity index (χ0n) is 7.25. The number of ketones is 1. The monoisotopic (exact) mass is 165 g/mol. The second-order valence-electron chi connectivity index (χ2n) is 2.37. The number of Topliss-reactive ketones (excluding diaryl/α,β-unsaturated/α-hetero) is 1. The first-order valence-electron chi connectivity index (χ1n) is 3.86. The predicted molar refractivity (Wildman–Crippen MR) is 52.0 cm³/mol. The van der Waals surface area contributed by atoms with Gasteiger partial charge < -0.3 is 5.32 Å². The fourth-order valence-corrected chi connectivity index (χ4v) is 0.808. The maximum Gasteiger partial charge on any atom is 0.157 e. The molecular formula is C10H15NO. The SMILES string of the molecule is C=CCNC(C=C)C(=O)CC=C. The van der Waals surface area contributed by atoms with Crippen molar-refractivity contribution in [2.24, 2.45) is 0 Å². The molecule has 2 heteroatoms. The number of allylic oxidation sites excluding steroid dienone is 1. The molecule has 0 aromatic heterocycles. The van der Waals surface area contributed by atoms with E-state index in [1.54, 1.807) is 18.2 Å². The normalized spacial score (nSPS) is 11.7. The molecule has 12 heavy (non-hydrogen) atoms. The van der Waals surface area contributed by atoms with Crippen LogP contribution in [-0.4, -0.2) is 18.4 Å². The average molecular weight is 165 g/mol. The number of carbonyl (C=O) groups excluding carboxylic acids is 1. The zero-order valence-corrected chi connectivity index (χ0v) is 7.25. The van der Waals surface area contributed by atoms with E-state index >= 15 is 0 Å². The summed E-state index contributed by atoms with van der Waals surface area (Å²) in [4.78, 5) is 11.2. The average Bonchev–Trinajstić information content (AvgIpc) is 2.06. The Morgan fingerprint density at radius 1 is 1.33 bits per heavy atom. The zero-order chi connectivity index (χ0) is 9.40. The van der Waals surface area contributed by atoms with Crippen molar-refractivity contribution in [1.29, 1.82) is 0 Å². The topological polar surface area (TPSA) is 29.1 Å². The van der Waals surface area contributed by atoms with Gasteiger partial charge in [-0.2, -0.15) is 0 Å². The first kappa shape index (κ1) is 10.8. The van der Waals surface area contributed by atoms with Crippen LogP contribution in [0.4, 0.5) is 0 Å². The first-order chi connectivity index (χ1) is 5.76. The van der Waals surface area contributed by atoms with Crippen LogP contribution in [0.25, 0.3) is 0 Å². The van der Waals surface area contributed by atoms with Gasteiger partial charge in [-0.1, -0.05) is 18.2 Å². The highest BCUT2D eigenvalue weighted by molar-refractivity contribution is 5.86. The number of hydrogen-bond donors (Lipinski definition) is 1. The van der Waals surface area contributed by atoms with Crippen LogP contribution in [0, 0.1) is 0 Å². The molecule has 1 unspecified atom stereocenters. The molecule has 1 atom stereocenters. The van der Waals surface area contributed by atoms with Crippen molar-refractivity contribution in [3.8, 4) is 0 Å². The minimum atomic E-state index is -0.277. The first-order valence-corrected chi connectivity index (χ1v) is 3.86. The molecule has 0 aliphatic heterocycles. The van der Waals surface area contributed by atoms with Gasteiger partial charge >= 0.3 is 0 Å². The molecule has 0 saturated heterocycles. The van der Waals surface area contributed by atoms with E-state index < -0.39 is 0 Å². The fraction of sp³-hybridized carbons (Fsp3) is 0.300. The van der Waals surface area contributed by atoms with Crippen molar-refractivity contribution in [3.63, 3.8) is 0 Å². The minimum absolute atomic E-state index is 0.0850. The van der Waals surface area contributed by atoms with Gasteiger partial charge in [0, 0.05) is 13.0 Å². The van der Waals surface area contributed by atoms with Gasteiger partial charge in [-0.25, -0.2) is 0 Å². The number of hydrogen-bond acceptors (Lipinski definition) is 2. The molecule has 0 spiro atoms. The fourth-order valence-electron chi connectivity index (χ4n) is 0.808. The van der Waals surface area contributed by atoms with Crippen LogP contribution in [-0.2, 0) is 4.79 Å². The van der Waals surface area contributed by atoms with E-state index in [2.05, 4.69) is 25.1 Å². The highest BCUT2D eigenvalue weighted by Crippen LogP contribution is 1.93. The summed E-state index contributed by atoms with van der Waals surface area (Å²) in [5.74, 6) is 0.0850. The Kier molecular flexibility index (Phi) is 5.93. The Hall–Kier alpha value is -1.15. The number of rotatable bonds is 7. The van der Waals surface area contributed by atoms with E-state index in [1.165, 1.54) is 0 Å². The van der Waals surface area contributed by atoms with Gasteiger partial charge in [0.15, 0.2) is 5.78 Å². The van der Waals surface area contributed by atoms with Crippen LogP contribution < -0.4 is 5.32 Å². The van der Waals surface area contributed by atoms with Crippen LogP contribution in [0.2, 0.25) is 0 Å². The Balaban J connectivity index is 3.94. The van der Waals surface area contributed by atoms with E-state index in [-0.39, 0.29) is 11.8 Å². The molecule has 0 rings (SSSR count). The van der Waals surface area contributed by atoms with E-state index in [0.29, 0.717) is 13.0 Å². The summed E-state index contributed by atoms with van der Waals surface area (Å²) in [6.07, 6.45) is 5.27. The van der Waals surface area contributed by atoms with Crippen LogP contribution in [0.1, 0.15) is 6.42 Å². The summed E-state index contributed by atoms with van der Waals surface area (Å²) in [7, 11) is 0. The van der Waals surface area contributed by atoms with Gasteiger partial charge in [-0.15, -0.1) is 19.7 Å². The van der Waals surface area contributed by atoms with Gasteiger partial charge in [0.1, 0.15) is 0 Å². The van der Waals surface area contributed by atoms with Crippen molar-refractivity contribution in [3.05, 3.63) is 38.0 Å². The maximum atomic E-state index is 11.2. The van der Waals surface area contributed by atoms with E-state index in [9.17, 15) is 4.79 Å². The Labute approximate surface area is 73.7 Å². The molecule has 0 saturated carbocycles. The molecule has 0 bridgehead atoms. The molecule has 0 heterocycles. The highest BCUT2D eigenvalue weighted by Gasteiger charge is 2.10. The lowest BCUT2D eigenvalue weighted by molar-refractivity contribution is -0.119. The van der Waals surface area contributed by atoms with E-state index in [4.69, 9.17) is 0 Å². The standard InChI is InChI=1S/C10H15NO/c1-4-7-10(12)9(6-3)11-8-5-2/h4-6,9,11H,1-3,7-8H2. The lowest BCUT2D eigenvalue weighted by atomic mass is 10.1. The van der Waals surface area contributed by atoms with Crippen molar-refractivity contribution >= 4 is 5.78 Å². The molecule has 0 radical (unpaired) electrons. The summed E-state index contributed by atoms with van der Waals surface area (Å²) in [6.45, 7) is 11.2. The summed E-state index contributed by atoms with van der Waals surface area (Å²) in [6, 6.07) is -0.277. The second kappa shape index (κ2) is 6.55. The molecule has 0 aromatic carbocycles. The highest BCUT2D eigenvalue weighted by atomic mass is 16.1. The van der Waals surface area contributed by atoms with Crippen molar-refractivity contribution in [2.75, 3.05) is 6.54 Å². The molecule has 0 aromatic rings. The van der Waals surface area contributed by atoms with Crippen LogP contribution in [0.5, 0.6) is 0 Å². The Morgan fingerprint density at radius 2 is 2.00 bits per heavy atom. The molecule has 1 N–H and O–H groups in total. The molecule has 0 fully saturated rings. The summed E-state index contributed by atoms with van der Waals surface area (Å²) in [5.41, 5.74) is 0. The quantitative estimate of drug-likeness (QED) is 0.579. The lowest BCUT2D eigenvalue weighted by Gasteiger charge is -2.10. The van der Waals surface area contributed by atoms with Gasteiger partial charge in [0.05, 0.1) is 6.04 Å². The molecule has 66 valence electrons. The number of carbonyl (C=O) groups is 1. The maximum absolute atomic E-state index is 11.2. The molecule has 0 amide bonds. The predicted octanol–water partition coefficient (Wildman–Crippen LogP) is 1.46. The van der Waals surface area contributed by atoms with Gasteiger partial charge in [0.2, 0.25) is 0 Å². The van der Waals surface area contributed by atoms with Gasteiger partial charge in [0.25, 0.3) is 0 Å². The van der Waals surface area contributed by atoms with E-state index in [1.807, 2.05) is 0 Å². The summed E-state index contributed by atoms with van der Waals surface area (Å²) < 4.78 is 0. The second-order valence-corrected chi connectivity index (χ2v) is 2.37. The van der Waals surface area contributed by atoms with Crippen molar-refractivity contribution in [1.82, 2.24) is 5.32 Å². The van der Waals surface area contributed by atoms with Crippen molar-refractivity contribution in [2.45, 2.75) is 12.5 Å². The molecular weight excluding hydrogens is 150 g/mol. The van der Waals surface area contributed by atoms with Gasteiger partial charge in [-0.05, 0) is 0 Å². The van der Waals surface area contributed by atoms with Crippen LogP contribution >= 0.6 is 0 Å². The number of nitrogens with one attached hydrogen (secondary N) is 1. The third-order valence-electron chi connectivity index (χ3n) is 1.41. The van der Waals surface area contributed by atoms with Crippen LogP contribution in [0.3, 0.4) is 0 Å². The minimum Gasteiger partial charge on any atom is -0.301 e. The smallest absolute Gasteiger partial charge is 0.157 e. The Morgan fingerprint density at radius 3 is 2.42 bits per heavy atom. The third kappa shape index (κ3) is 3.88. The molecule has 0 aliphatic carbocycles. The molecule has 0 aliphatic rings. The molecule has 2 nitrogen and oxygen atoms in total. The summed E-state index contributed by atoms with van der Waals surface area (Å²) in [5, 5.41) is 2.97. The third-order valence-corrected chi connectivity index (χ3v) is 1.41.